The van der Waals surface area contributed by atoms with Gasteiger partial charge < -0.3 is 0 Å². The number of hydrogen-bond acceptors (Lipinski definition) is 2. The van der Waals surface area contributed by atoms with Crippen molar-refractivity contribution in [1.29, 1.82) is 0 Å². The number of likely N-dealkylation sites (N-methyl/N-ethyl adjacent to an activating group) is 1. The minimum Gasteiger partial charge on any atom is -0.281 e. The minimum absolute atomic E-state index is 0.0474. The third-order valence-corrected chi connectivity index (χ3v) is 6.27. The van der Waals surface area contributed by atoms with E-state index in [1.54, 1.807) is 7.05 Å². The highest BCUT2D eigenvalue weighted by molar-refractivity contribution is 9.15. The molecule has 1 spiro atoms. The molecule has 0 radical (unpaired) electrons. The first-order chi connectivity index (χ1) is 12.1. The Morgan fingerprint density at radius 2 is 1.68 bits per heavy atom. The molecular weight excluding hydrogens is 378 g/mol. The van der Waals surface area contributed by atoms with Gasteiger partial charge in [0.2, 0.25) is 5.91 Å². The summed E-state index contributed by atoms with van der Waals surface area (Å²) in [4.78, 5) is 27.4. The van der Waals surface area contributed by atoms with Crippen LogP contribution in [0.5, 0.6) is 0 Å². The third-order valence-electron chi connectivity index (χ3n) is 5.57. The molecule has 2 aromatic carbocycles. The van der Waals surface area contributed by atoms with Crippen molar-refractivity contribution in [2.45, 2.75) is 5.41 Å². The second-order valence-electron chi connectivity index (χ2n) is 6.69. The van der Waals surface area contributed by atoms with Crippen molar-refractivity contribution in [2.75, 3.05) is 7.05 Å². The van der Waals surface area contributed by atoms with Gasteiger partial charge in [0, 0.05) is 23.0 Å². The molecule has 2 atom stereocenters. The molecule has 2 amide bonds. The first kappa shape index (κ1) is 14.8. The summed E-state index contributed by atoms with van der Waals surface area (Å²) in [6.07, 6.45) is 4.22. The second kappa shape index (κ2) is 4.79. The number of benzene rings is 2. The number of allylic oxidation sites excluding steroid dienone is 2. The lowest BCUT2D eigenvalue weighted by Crippen LogP contribution is -2.60. The maximum atomic E-state index is 13.4. The van der Waals surface area contributed by atoms with Crippen LogP contribution in [0.1, 0.15) is 27.0 Å². The molecular formula is C21H14BrNO2. The van der Waals surface area contributed by atoms with Gasteiger partial charge in [-0.2, -0.15) is 0 Å². The van der Waals surface area contributed by atoms with Crippen molar-refractivity contribution >= 4 is 37.8 Å². The van der Waals surface area contributed by atoms with Crippen LogP contribution in [0.4, 0.5) is 0 Å². The predicted octanol–water partition coefficient (Wildman–Crippen LogP) is 4.00. The lowest BCUT2D eigenvalue weighted by atomic mass is 9.50. The van der Waals surface area contributed by atoms with E-state index in [0.717, 1.165) is 26.7 Å². The van der Waals surface area contributed by atoms with Crippen molar-refractivity contribution in [3.63, 3.8) is 0 Å². The summed E-state index contributed by atoms with van der Waals surface area (Å²) >= 11 is 3.63. The maximum Gasteiger partial charge on any atom is 0.260 e. The molecule has 0 unspecified atom stereocenters. The van der Waals surface area contributed by atoms with Crippen molar-refractivity contribution in [2.24, 2.45) is 5.92 Å². The Kier molecular flexibility index (Phi) is 2.85. The molecule has 0 saturated carbocycles. The van der Waals surface area contributed by atoms with Crippen molar-refractivity contribution in [3.05, 3.63) is 82.9 Å². The fraction of sp³-hybridized carbons (Fsp3) is 0.143. The predicted molar refractivity (Wildman–Crippen MR) is 100 cm³/mol. The molecule has 4 heteroatoms. The van der Waals surface area contributed by atoms with Gasteiger partial charge in [-0.1, -0.05) is 70.5 Å². The Hall–Kier alpha value is -2.46. The molecule has 0 bridgehead atoms. The van der Waals surface area contributed by atoms with E-state index in [1.807, 2.05) is 48.5 Å². The molecule has 122 valence electrons. The van der Waals surface area contributed by atoms with E-state index in [1.165, 1.54) is 4.90 Å². The zero-order valence-corrected chi connectivity index (χ0v) is 15.1. The van der Waals surface area contributed by atoms with E-state index in [4.69, 9.17) is 0 Å². The van der Waals surface area contributed by atoms with E-state index in [9.17, 15) is 9.59 Å². The SMILES string of the molecule is CN1C(=O)c2cccc3c2[C@@]2(C1=O)C(c1ccccc1)=C[C@H]2C=C3Br. The largest absolute Gasteiger partial charge is 0.281 e. The highest BCUT2D eigenvalue weighted by Crippen LogP contribution is 2.61. The number of carbonyl (C=O) groups excluding carboxylic acids is 2. The Balaban J connectivity index is 1.88. The van der Waals surface area contributed by atoms with Crippen molar-refractivity contribution < 1.29 is 9.59 Å². The van der Waals surface area contributed by atoms with Gasteiger partial charge in [0.1, 0.15) is 5.41 Å². The number of halogens is 1. The van der Waals surface area contributed by atoms with Crippen LogP contribution in [-0.2, 0) is 10.2 Å². The van der Waals surface area contributed by atoms with Crippen LogP contribution in [0.3, 0.4) is 0 Å². The highest BCUT2D eigenvalue weighted by atomic mass is 79.9. The fourth-order valence-electron chi connectivity index (χ4n) is 4.44. The lowest BCUT2D eigenvalue weighted by Gasteiger charge is -2.53. The highest BCUT2D eigenvalue weighted by Gasteiger charge is 2.62. The van der Waals surface area contributed by atoms with E-state index in [2.05, 4.69) is 28.1 Å². The summed E-state index contributed by atoms with van der Waals surface area (Å²) in [6.45, 7) is 0. The Bertz CT molecular complexity index is 1020. The first-order valence-corrected chi connectivity index (χ1v) is 8.97. The molecule has 1 aliphatic heterocycles. The number of imide groups is 1. The van der Waals surface area contributed by atoms with Gasteiger partial charge in [-0.3, -0.25) is 14.5 Å². The van der Waals surface area contributed by atoms with Gasteiger partial charge in [0.25, 0.3) is 5.91 Å². The topological polar surface area (TPSA) is 37.4 Å². The zero-order valence-electron chi connectivity index (χ0n) is 13.5. The van der Waals surface area contributed by atoms with Crippen LogP contribution in [-0.4, -0.2) is 23.8 Å². The molecule has 3 nitrogen and oxygen atoms in total. The van der Waals surface area contributed by atoms with Crippen LogP contribution >= 0.6 is 15.9 Å². The Morgan fingerprint density at radius 1 is 0.960 bits per heavy atom. The molecule has 3 aliphatic rings. The molecule has 0 saturated heterocycles. The summed E-state index contributed by atoms with van der Waals surface area (Å²) in [7, 11) is 1.58. The molecule has 1 heterocycles. The van der Waals surface area contributed by atoms with Gasteiger partial charge in [-0.15, -0.1) is 0 Å². The summed E-state index contributed by atoms with van der Waals surface area (Å²) in [5.41, 5.74) is 3.63. The number of hydrogen-bond donors (Lipinski definition) is 0. The standard InChI is InChI=1S/C21H14BrNO2/c1-23-19(24)15-9-5-8-14-17(22)11-13-10-16(12-6-3-2-4-7-12)21(13,18(14)15)20(23)25/h2-11,13H,1H3/t13-,21-/m0/s1. The smallest absolute Gasteiger partial charge is 0.260 e. The third kappa shape index (κ3) is 1.61. The number of rotatable bonds is 1. The fourth-order valence-corrected chi connectivity index (χ4v) is 5.05. The van der Waals surface area contributed by atoms with Crippen LogP contribution in [0.25, 0.3) is 10.1 Å². The van der Waals surface area contributed by atoms with E-state index in [-0.39, 0.29) is 17.7 Å². The van der Waals surface area contributed by atoms with Crippen LogP contribution in [0.2, 0.25) is 0 Å². The van der Waals surface area contributed by atoms with E-state index < -0.39 is 5.41 Å². The molecule has 2 aromatic rings. The Morgan fingerprint density at radius 3 is 2.44 bits per heavy atom. The monoisotopic (exact) mass is 391 g/mol. The van der Waals surface area contributed by atoms with Gasteiger partial charge in [-0.05, 0) is 28.3 Å². The van der Waals surface area contributed by atoms with Gasteiger partial charge in [0.15, 0.2) is 0 Å². The second-order valence-corrected chi connectivity index (χ2v) is 7.55. The number of carbonyl (C=O) groups is 2. The average Bonchev–Trinajstić information content (AvgIpc) is 2.62. The van der Waals surface area contributed by atoms with E-state index in [0.29, 0.717) is 5.56 Å². The van der Waals surface area contributed by atoms with Gasteiger partial charge in [-0.25, -0.2) is 0 Å². The van der Waals surface area contributed by atoms with Crippen molar-refractivity contribution in [1.82, 2.24) is 4.90 Å². The molecule has 0 aromatic heterocycles. The maximum absolute atomic E-state index is 13.4. The molecule has 0 N–H and O–H groups in total. The summed E-state index contributed by atoms with van der Waals surface area (Å²) in [6, 6.07) is 15.6. The first-order valence-electron chi connectivity index (χ1n) is 8.18. The molecule has 2 aliphatic carbocycles. The minimum atomic E-state index is -0.798. The van der Waals surface area contributed by atoms with Crippen LogP contribution < -0.4 is 0 Å². The quantitative estimate of drug-likeness (QED) is 0.688. The average molecular weight is 392 g/mol. The molecule has 25 heavy (non-hydrogen) atoms. The van der Waals surface area contributed by atoms with Crippen LogP contribution in [0, 0.1) is 5.92 Å². The number of nitrogens with zero attached hydrogens (tertiary/aromatic N) is 1. The van der Waals surface area contributed by atoms with Gasteiger partial charge >= 0.3 is 0 Å². The van der Waals surface area contributed by atoms with E-state index >= 15 is 0 Å². The Labute approximate surface area is 153 Å². The molecule has 5 rings (SSSR count). The van der Waals surface area contributed by atoms with Crippen LogP contribution in [0.15, 0.2) is 60.7 Å². The zero-order chi connectivity index (χ0) is 17.3. The summed E-state index contributed by atoms with van der Waals surface area (Å²) in [5.74, 6) is -0.415. The number of amides is 2. The molecule has 0 fully saturated rings. The van der Waals surface area contributed by atoms with Gasteiger partial charge in [0.05, 0.1) is 0 Å². The lowest BCUT2D eigenvalue weighted by molar-refractivity contribution is -0.133. The van der Waals surface area contributed by atoms with Crippen molar-refractivity contribution in [3.8, 4) is 0 Å². The summed E-state index contributed by atoms with van der Waals surface area (Å²) in [5, 5.41) is 0. The summed E-state index contributed by atoms with van der Waals surface area (Å²) < 4.78 is 0.943. The normalized spacial score (nSPS) is 26.3.